The van der Waals surface area contributed by atoms with Crippen LogP contribution in [0.2, 0.25) is 0 Å². The van der Waals surface area contributed by atoms with Crippen LogP contribution in [0, 0.1) is 0 Å². The molecule has 0 radical (unpaired) electrons. The predicted molar refractivity (Wildman–Crippen MR) is 295 cm³/mol. The highest BCUT2D eigenvalue weighted by Gasteiger charge is 2.54. The van der Waals surface area contributed by atoms with Crippen LogP contribution in [0.15, 0.2) is 261 Å². The van der Waals surface area contributed by atoms with Gasteiger partial charge >= 0.3 is 0 Å². The molecule has 4 aliphatic rings. The Kier molecular flexibility index (Phi) is 8.05. The summed E-state index contributed by atoms with van der Waals surface area (Å²) in [5.41, 5.74) is 22.4. The fourth-order valence-electron chi connectivity index (χ4n) is 13.8. The van der Waals surface area contributed by atoms with Crippen LogP contribution in [0.5, 0.6) is 11.5 Å². The van der Waals surface area contributed by atoms with E-state index < -0.39 is 10.8 Å². The molecule has 0 aromatic heterocycles. The third-order valence-electron chi connectivity index (χ3n) is 16.5. The van der Waals surface area contributed by atoms with Crippen molar-refractivity contribution in [2.45, 2.75) is 10.8 Å². The molecule has 3 aliphatic carbocycles. The molecule has 0 unspecified atom stereocenters. The Balaban J connectivity index is 0.937. The van der Waals surface area contributed by atoms with E-state index in [4.69, 9.17) is 4.74 Å². The zero-order valence-electron chi connectivity index (χ0n) is 39.2. The second-order valence-electron chi connectivity index (χ2n) is 19.8. The molecule has 0 bridgehead atoms. The van der Waals surface area contributed by atoms with E-state index in [-0.39, 0.29) is 0 Å². The number of hydrogen-bond acceptors (Lipinski definition) is 2. The Morgan fingerprint density at radius 2 is 0.708 bits per heavy atom. The normalized spacial score (nSPS) is 14.2. The predicted octanol–water partition coefficient (Wildman–Crippen LogP) is 17.9. The number of anilines is 3. The molecule has 12 aromatic rings. The van der Waals surface area contributed by atoms with Gasteiger partial charge in [0.25, 0.3) is 0 Å². The third kappa shape index (κ3) is 4.98. The van der Waals surface area contributed by atoms with Crippen molar-refractivity contribution in [3.8, 4) is 56.0 Å². The number of rotatable bonds is 4. The van der Waals surface area contributed by atoms with Gasteiger partial charge in [0.1, 0.15) is 11.5 Å². The summed E-state index contributed by atoms with van der Waals surface area (Å²) in [4.78, 5) is 2.51. The monoisotopic (exact) mass is 913 g/mol. The quantitative estimate of drug-likeness (QED) is 0.174. The van der Waals surface area contributed by atoms with Gasteiger partial charge in [0.2, 0.25) is 0 Å². The fourth-order valence-corrected chi connectivity index (χ4v) is 13.8. The van der Waals surface area contributed by atoms with Crippen LogP contribution >= 0.6 is 0 Å². The van der Waals surface area contributed by atoms with E-state index in [1.807, 2.05) is 0 Å². The molecule has 0 amide bonds. The second kappa shape index (κ2) is 14.6. The van der Waals surface area contributed by atoms with Crippen molar-refractivity contribution in [2.75, 3.05) is 4.90 Å². The smallest absolute Gasteiger partial charge is 0.140 e. The molecule has 1 aliphatic heterocycles. The van der Waals surface area contributed by atoms with Crippen molar-refractivity contribution in [3.63, 3.8) is 0 Å². The van der Waals surface area contributed by atoms with Crippen LogP contribution in [0.25, 0.3) is 66.1 Å². The SMILES string of the molecule is c1ccc(N(c2ccccc2-c2ccc3c(c2)-c2ccccc2C32c3ccc4ccccc4c3Oc3c2ccc2ccccc32)c2cccc3c2-c2ccccc2C32c3ccccc3-c3ccccc32)cc1. The summed E-state index contributed by atoms with van der Waals surface area (Å²) in [6.07, 6.45) is 0. The van der Waals surface area contributed by atoms with Crippen molar-refractivity contribution in [1.82, 2.24) is 0 Å². The standard InChI is InChI=1S/C70H43NO/c1-2-21-47(22-3-1)71(65-36-18-34-61-66(65)54-29-11-16-33-59(54)69(61)56-30-13-8-26-51(56)52-27-9-14-31-57(52)69)64-35-17-12-23-48(64)46-39-40-60-55(43-46)53-28-10-15-32-58(53)70(60)62-41-37-44-19-4-6-24-49(44)67(62)72-68-50-25-7-5-20-45(50)38-42-63(68)70/h1-43H. The lowest BCUT2D eigenvalue weighted by atomic mass is 9.65. The lowest BCUT2D eigenvalue weighted by Gasteiger charge is -2.40. The zero-order valence-corrected chi connectivity index (χ0v) is 39.2. The molecule has 334 valence electrons. The van der Waals surface area contributed by atoms with Crippen LogP contribution in [-0.2, 0) is 10.8 Å². The van der Waals surface area contributed by atoms with Crippen LogP contribution < -0.4 is 9.64 Å². The molecule has 12 aromatic carbocycles. The number of hydrogen-bond donors (Lipinski definition) is 0. The molecule has 16 rings (SSSR count). The van der Waals surface area contributed by atoms with Gasteiger partial charge in [-0.25, -0.2) is 0 Å². The number of para-hydroxylation sites is 2. The molecule has 2 spiro atoms. The Morgan fingerprint density at radius 1 is 0.278 bits per heavy atom. The summed E-state index contributed by atoms with van der Waals surface area (Å²) in [5.74, 6) is 1.85. The van der Waals surface area contributed by atoms with Gasteiger partial charge in [-0.2, -0.15) is 0 Å². The van der Waals surface area contributed by atoms with Crippen molar-refractivity contribution < 1.29 is 4.74 Å². The lowest BCUT2D eigenvalue weighted by molar-refractivity contribution is 0.447. The lowest BCUT2D eigenvalue weighted by Crippen LogP contribution is -2.32. The van der Waals surface area contributed by atoms with E-state index >= 15 is 0 Å². The minimum Gasteiger partial charge on any atom is -0.455 e. The summed E-state index contributed by atoms with van der Waals surface area (Å²) in [7, 11) is 0. The molecular weight excluding hydrogens is 871 g/mol. The molecule has 2 nitrogen and oxygen atoms in total. The summed E-state index contributed by atoms with van der Waals surface area (Å²) >= 11 is 0. The first-order valence-corrected chi connectivity index (χ1v) is 25.1. The van der Waals surface area contributed by atoms with Crippen molar-refractivity contribution in [2.24, 2.45) is 0 Å². The summed E-state index contributed by atoms with van der Waals surface area (Å²) in [5, 5.41) is 4.56. The first-order valence-electron chi connectivity index (χ1n) is 25.1. The van der Waals surface area contributed by atoms with Gasteiger partial charge in [-0.05, 0) is 108 Å². The van der Waals surface area contributed by atoms with Crippen molar-refractivity contribution >= 4 is 38.6 Å². The molecular formula is C70H43NO. The molecule has 0 saturated heterocycles. The Labute approximate surface area is 418 Å². The summed E-state index contributed by atoms with van der Waals surface area (Å²) in [6.45, 7) is 0. The number of benzene rings is 12. The molecule has 0 N–H and O–H groups in total. The van der Waals surface area contributed by atoms with Crippen LogP contribution in [0.1, 0.15) is 44.5 Å². The minimum absolute atomic E-state index is 0.458. The van der Waals surface area contributed by atoms with E-state index in [1.165, 1.54) is 77.9 Å². The van der Waals surface area contributed by atoms with Gasteiger partial charge < -0.3 is 9.64 Å². The molecule has 0 atom stereocenters. The highest BCUT2D eigenvalue weighted by atomic mass is 16.5. The Hall–Kier alpha value is -9.24. The van der Waals surface area contributed by atoms with E-state index in [1.54, 1.807) is 0 Å². The minimum atomic E-state index is -0.623. The number of fused-ring (bicyclic) bond motifs is 23. The zero-order chi connectivity index (χ0) is 47.1. The van der Waals surface area contributed by atoms with Crippen molar-refractivity contribution in [1.29, 1.82) is 0 Å². The maximum Gasteiger partial charge on any atom is 0.140 e. The van der Waals surface area contributed by atoms with Gasteiger partial charge in [-0.1, -0.05) is 231 Å². The average Bonchev–Trinajstić information content (AvgIpc) is 4.04. The molecule has 0 saturated carbocycles. The van der Waals surface area contributed by atoms with Gasteiger partial charge in [0, 0.05) is 38.7 Å². The molecule has 0 fully saturated rings. The van der Waals surface area contributed by atoms with Crippen LogP contribution in [0.4, 0.5) is 17.1 Å². The van der Waals surface area contributed by atoms with E-state index in [0.29, 0.717) is 0 Å². The first kappa shape index (κ1) is 39.6. The highest BCUT2D eigenvalue weighted by molar-refractivity contribution is 6.04. The van der Waals surface area contributed by atoms with E-state index in [0.717, 1.165) is 61.2 Å². The van der Waals surface area contributed by atoms with E-state index in [9.17, 15) is 0 Å². The van der Waals surface area contributed by atoms with Crippen molar-refractivity contribution in [3.05, 3.63) is 305 Å². The van der Waals surface area contributed by atoms with Crippen LogP contribution in [-0.4, -0.2) is 0 Å². The topological polar surface area (TPSA) is 12.5 Å². The number of ether oxygens (including phenoxy) is 1. The fraction of sp³-hybridized carbons (Fsp3) is 0.0286. The number of nitrogens with zero attached hydrogens (tertiary/aromatic N) is 1. The maximum absolute atomic E-state index is 7.25. The van der Waals surface area contributed by atoms with Crippen LogP contribution in [0.3, 0.4) is 0 Å². The van der Waals surface area contributed by atoms with Gasteiger partial charge in [0.05, 0.1) is 22.2 Å². The Bertz CT molecular complexity index is 4150. The average molecular weight is 914 g/mol. The Morgan fingerprint density at radius 3 is 1.33 bits per heavy atom. The molecule has 2 heteroatoms. The van der Waals surface area contributed by atoms with E-state index in [2.05, 4.69) is 266 Å². The first-order chi connectivity index (χ1) is 35.7. The van der Waals surface area contributed by atoms with Gasteiger partial charge in [-0.15, -0.1) is 0 Å². The second-order valence-corrected chi connectivity index (χ2v) is 19.8. The summed E-state index contributed by atoms with van der Waals surface area (Å²) in [6, 6.07) is 97.1. The third-order valence-corrected chi connectivity index (χ3v) is 16.5. The molecule has 72 heavy (non-hydrogen) atoms. The summed E-state index contributed by atoms with van der Waals surface area (Å²) < 4.78 is 7.25. The molecule has 1 heterocycles. The largest absolute Gasteiger partial charge is 0.455 e. The van der Waals surface area contributed by atoms with Gasteiger partial charge in [-0.3, -0.25) is 0 Å². The van der Waals surface area contributed by atoms with Gasteiger partial charge in [0.15, 0.2) is 0 Å². The maximum atomic E-state index is 7.25. The highest BCUT2D eigenvalue weighted by Crippen LogP contribution is 2.67.